The van der Waals surface area contributed by atoms with E-state index in [1.807, 2.05) is 30.3 Å². The molecule has 2 aromatic carbocycles. The molecule has 1 aliphatic heterocycles. The number of carbonyl (C=O) groups is 1. The van der Waals surface area contributed by atoms with Crippen LogP contribution in [-0.4, -0.2) is 33.8 Å². The lowest BCUT2D eigenvalue weighted by atomic mass is 10.1. The highest BCUT2D eigenvalue weighted by molar-refractivity contribution is 5.98. The molecule has 0 saturated carbocycles. The average molecular weight is 377 g/mol. The van der Waals surface area contributed by atoms with Crippen LogP contribution in [0.2, 0.25) is 0 Å². The predicted octanol–water partition coefficient (Wildman–Crippen LogP) is 4.54. The van der Waals surface area contributed by atoms with Crippen molar-refractivity contribution in [1.29, 1.82) is 0 Å². The van der Waals surface area contributed by atoms with Crippen LogP contribution in [0.1, 0.15) is 29.8 Å². The van der Waals surface area contributed by atoms with Gasteiger partial charge in [0.15, 0.2) is 11.5 Å². The van der Waals surface area contributed by atoms with Gasteiger partial charge in [-0.15, -0.1) is 0 Å². The van der Waals surface area contributed by atoms with Crippen LogP contribution in [0.15, 0.2) is 59.0 Å². The standard InChI is InChI=1S/C21H19N3O4/c25-21(23-12-5-2-6-13-23)18-19(16-10-7-11-17(14-16)24(26)27)28-20(22-18)15-8-3-1-4-9-15/h1,3-4,7-11,14H,2,5-6,12-13H2. The second-order valence-electron chi connectivity index (χ2n) is 6.72. The number of benzene rings is 2. The number of aromatic nitrogens is 1. The van der Waals surface area contributed by atoms with Gasteiger partial charge in [0.05, 0.1) is 4.92 Å². The molecule has 0 bridgehead atoms. The number of hydrogen-bond acceptors (Lipinski definition) is 5. The van der Waals surface area contributed by atoms with Crippen molar-refractivity contribution < 1.29 is 14.1 Å². The van der Waals surface area contributed by atoms with Gasteiger partial charge in [0.2, 0.25) is 5.89 Å². The Morgan fingerprint density at radius 2 is 1.71 bits per heavy atom. The number of hydrogen-bond donors (Lipinski definition) is 0. The smallest absolute Gasteiger partial charge is 0.276 e. The normalized spacial score (nSPS) is 14.1. The van der Waals surface area contributed by atoms with Gasteiger partial charge < -0.3 is 9.32 Å². The molecule has 7 heteroatoms. The number of non-ortho nitro benzene ring substituents is 1. The van der Waals surface area contributed by atoms with Gasteiger partial charge in [0.25, 0.3) is 11.6 Å². The lowest BCUT2D eigenvalue weighted by Gasteiger charge is -2.26. The fraction of sp³-hybridized carbons (Fsp3) is 0.238. The maximum absolute atomic E-state index is 13.1. The van der Waals surface area contributed by atoms with Gasteiger partial charge in [-0.25, -0.2) is 4.98 Å². The molecule has 1 aromatic heterocycles. The number of oxazole rings is 1. The summed E-state index contributed by atoms with van der Waals surface area (Å²) >= 11 is 0. The fourth-order valence-electron chi connectivity index (χ4n) is 3.37. The molecule has 1 aliphatic rings. The fourth-order valence-corrected chi connectivity index (χ4v) is 3.37. The lowest BCUT2D eigenvalue weighted by molar-refractivity contribution is -0.384. The van der Waals surface area contributed by atoms with E-state index in [9.17, 15) is 14.9 Å². The predicted molar refractivity (Wildman–Crippen MR) is 104 cm³/mol. The molecule has 2 heterocycles. The second kappa shape index (κ2) is 7.64. The molecule has 0 spiro atoms. The molecule has 0 unspecified atom stereocenters. The first kappa shape index (κ1) is 17.9. The van der Waals surface area contributed by atoms with Gasteiger partial charge in [-0.1, -0.05) is 30.3 Å². The Balaban J connectivity index is 1.81. The van der Waals surface area contributed by atoms with Gasteiger partial charge in [0, 0.05) is 36.3 Å². The van der Waals surface area contributed by atoms with Crippen LogP contribution >= 0.6 is 0 Å². The van der Waals surface area contributed by atoms with Crippen molar-refractivity contribution >= 4 is 11.6 Å². The summed E-state index contributed by atoms with van der Waals surface area (Å²) in [5, 5.41) is 11.2. The summed E-state index contributed by atoms with van der Waals surface area (Å²) in [5.74, 6) is 0.382. The van der Waals surface area contributed by atoms with Crippen LogP contribution in [-0.2, 0) is 0 Å². The number of nitro benzene ring substituents is 1. The van der Waals surface area contributed by atoms with Crippen molar-refractivity contribution in [2.24, 2.45) is 0 Å². The number of rotatable bonds is 4. The molecule has 0 N–H and O–H groups in total. The molecule has 3 aromatic rings. The summed E-state index contributed by atoms with van der Waals surface area (Å²) in [7, 11) is 0. The Morgan fingerprint density at radius 3 is 2.43 bits per heavy atom. The first-order valence-electron chi connectivity index (χ1n) is 9.24. The summed E-state index contributed by atoms with van der Waals surface area (Å²) in [4.78, 5) is 30.1. The van der Waals surface area contributed by atoms with Crippen LogP contribution in [0.3, 0.4) is 0 Å². The molecule has 142 valence electrons. The van der Waals surface area contributed by atoms with Gasteiger partial charge in [-0.2, -0.15) is 0 Å². The van der Waals surface area contributed by atoms with E-state index in [0.717, 1.165) is 24.8 Å². The molecule has 4 rings (SSSR count). The summed E-state index contributed by atoms with van der Waals surface area (Å²) < 4.78 is 5.95. The van der Waals surface area contributed by atoms with Crippen molar-refractivity contribution in [2.45, 2.75) is 19.3 Å². The Kier molecular flexibility index (Phi) is 4.89. The van der Waals surface area contributed by atoms with Crippen molar-refractivity contribution in [1.82, 2.24) is 9.88 Å². The molecule has 1 amide bonds. The van der Waals surface area contributed by atoms with Crippen LogP contribution in [0.4, 0.5) is 5.69 Å². The molecule has 1 saturated heterocycles. The summed E-state index contributed by atoms with van der Waals surface area (Å²) in [6, 6.07) is 15.4. The number of carbonyl (C=O) groups excluding carboxylic acids is 1. The van der Waals surface area contributed by atoms with E-state index in [4.69, 9.17) is 4.42 Å². The number of likely N-dealkylation sites (tertiary alicyclic amines) is 1. The van der Waals surface area contributed by atoms with Crippen molar-refractivity contribution in [2.75, 3.05) is 13.1 Å². The topological polar surface area (TPSA) is 89.5 Å². The van der Waals surface area contributed by atoms with Gasteiger partial charge in [-0.3, -0.25) is 14.9 Å². The molecule has 7 nitrogen and oxygen atoms in total. The largest absolute Gasteiger partial charge is 0.435 e. The highest BCUT2D eigenvalue weighted by atomic mass is 16.6. The Bertz CT molecular complexity index is 1010. The minimum absolute atomic E-state index is 0.0634. The van der Waals surface area contributed by atoms with Gasteiger partial charge >= 0.3 is 0 Å². The van der Waals surface area contributed by atoms with E-state index in [0.29, 0.717) is 24.5 Å². The van der Waals surface area contributed by atoms with Crippen LogP contribution in [0.5, 0.6) is 0 Å². The minimum atomic E-state index is -0.468. The number of piperidine rings is 1. The minimum Gasteiger partial charge on any atom is -0.435 e. The van der Waals surface area contributed by atoms with Crippen molar-refractivity contribution in [3.05, 3.63) is 70.4 Å². The number of nitro groups is 1. The quantitative estimate of drug-likeness (QED) is 0.492. The summed E-state index contributed by atoms with van der Waals surface area (Å²) in [6.07, 6.45) is 3.03. The van der Waals surface area contributed by atoms with E-state index in [1.54, 1.807) is 17.0 Å². The third-order valence-electron chi connectivity index (χ3n) is 4.81. The maximum atomic E-state index is 13.1. The monoisotopic (exact) mass is 377 g/mol. The second-order valence-corrected chi connectivity index (χ2v) is 6.72. The lowest BCUT2D eigenvalue weighted by Crippen LogP contribution is -2.36. The van der Waals surface area contributed by atoms with Crippen LogP contribution in [0, 0.1) is 10.1 Å². The first-order chi connectivity index (χ1) is 13.6. The van der Waals surface area contributed by atoms with E-state index in [2.05, 4.69) is 4.98 Å². The Hall–Kier alpha value is -3.48. The summed E-state index contributed by atoms with van der Waals surface area (Å²) in [6.45, 7) is 1.36. The van der Waals surface area contributed by atoms with Gasteiger partial charge in [-0.05, 0) is 31.4 Å². The third kappa shape index (κ3) is 3.51. The SMILES string of the molecule is O=C(c1nc(-c2ccccc2)oc1-c1cccc([N+](=O)[O-])c1)N1CCCCC1. The van der Waals surface area contributed by atoms with E-state index >= 15 is 0 Å². The highest BCUT2D eigenvalue weighted by Crippen LogP contribution is 2.32. The molecule has 1 fully saturated rings. The third-order valence-corrected chi connectivity index (χ3v) is 4.81. The Morgan fingerprint density at radius 1 is 1.00 bits per heavy atom. The number of nitrogens with zero attached hydrogens (tertiary/aromatic N) is 3. The zero-order chi connectivity index (χ0) is 19.5. The van der Waals surface area contributed by atoms with Gasteiger partial charge in [0.1, 0.15) is 0 Å². The molecular formula is C21H19N3O4. The van der Waals surface area contributed by atoms with E-state index in [-0.39, 0.29) is 23.0 Å². The zero-order valence-electron chi connectivity index (χ0n) is 15.2. The molecule has 0 radical (unpaired) electrons. The highest BCUT2D eigenvalue weighted by Gasteiger charge is 2.27. The molecule has 0 aliphatic carbocycles. The van der Waals surface area contributed by atoms with Crippen molar-refractivity contribution in [3.8, 4) is 22.8 Å². The first-order valence-corrected chi connectivity index (χ1v) is 9.24. The molecule has 0 atom stereocenters. The van der Waals surface area contributed by atoms with Crippen LogP contribution < -0.4 is 0 Å². The summed E-state index contributed by atoms with van der Waals surface area (Å²) in [5.41, 5.74) is 1.34. The Labute approximate surface area is 161 Å². The average Bonchev–Trinajstić information content (AvgIpc) is 3.20. The molecule has 28 heavy (non-hydrogen) atoms. The maximum Gasteiger partial charge on any atom is 0.276 e. The molecular weight excluding hydrogens is 358 g/mol. The number of amides is 1. The van der Waals surface area contributed by atoms with Crippen LogP contribution in [0.25, 0.3) is 22.8 Å². The van der Waals surface area contributed by atoms with Crippen molar-refractivity contribution in [3.63, 3.8) is 0 Å². The van der Waals surface area contributed by atoms with E-state index < -0.39 is 4.92 Å². The van der Waals surface area contributed by atoms with E-state index in [1.165, 1.54) is 12.1 Å². The zero-order valence-corrected chi connectivity index (χ0v) is 15.2.